The number of pyridine rings is 1. The summed E-state index contributed by atoms with van der Waals surface area (Å²) in [6.45, 7) is 12.1. The van der Waals surface area contributed by atoms with Crippen molar-refractivity contribution in [2.75, 3.05) is 25.4 Å². The van der Waals surface area contributed by atoms with E-state index in [0.717, 1.165) is 42.6 Å². The van der Waals surface area contributed by atoms with E-state index in [0.29, 0.717) is 61.0 Å². The molecule has 1 aromatic carbocycles. The standard InChI is InChI=1S/C34H49N5O4/c1-22(37-25-11-6-5-7-12-25)36-19-27-26(24-10-9-17-39(20-24)33(41)43-34(2,3)4)18-28(38-32(27)35)31-29(40)13-8-14-30(31)42-21-23-15-16-23/h8,13-14,18,23-25,36-37,40H,1,5-7,9-12,15-17,19-21H2,2-4H3,(H2,35,38). The summed E-state index contributed by atoms with van der Waals surface area (Å²) in [5, 5.41) is 18.0. The molecule has 0 radical (unpaired) electrons. The molecule has 0 bridgehead atoms. The van der Waals surface area contributed by atoms with E-state index in [2.05, 4.69) is 17.2 Å². The number of phenols is 1. The summed E-state index contributed by atoms with van der Waals surface area (Å²) >= 11 is 0. The van der Waals surface area contributed by atoms with Crippen LogP contribution < -0.4 is 21.1 Å². The zero-order chi connectivity index (χ0) is 30.6. The average molecular weight is 592 g/mol. The normalized spacial score (nSPS) is 19.5. The molecule has 43 heavy (non-hydrogen) atoms. The maximum absolute atomic E-state index is 13.0. The fourth-order valence-corrected chi connectivity index (χ4v) is 6.15. The Morgan fingerprint density at radius 2 is 1.91 bits per heavy atom. The quantitative estimate of drug-likeness (QED) is 0.250. The molecule has 1 saturated heterocycles. The van der Waals surface area contributed by atoms with Crippen LogP contribution in [0.4, 0.5) is 10.6 Å². The Kier molecular flexibility index (Phi) is 9.57. The molecule has 2 aliphatic carbocycles. The number of nitrogens with zero attached hydrogens (tertiary/aromatic N) is 2. The topological polar surface area (TPSA) is 122 Å². The van der Waals surface area contributed by atoms with Gasteiger partial charge in [-0.2, -0.15) is 0 Å². The van der Waals surface area contributed by atoms with Crippen LogP contribution in [0.5, 0.6) is 11.5 Å². The molecule has 1 amide bonds. The number of anilines is 1. The highest BCUT2D eigenvalue weighted by Crippen LogP contribution is 2.41. The molecule has 3 fully saturated rings. The van der Waals surface area contributed by atoms with Crippen molar-refractivity contribution in [2.45, 2.75) is 103 Å². The smallest absolute Gasteiger partial charge is 0.410 e. The van der Waals surface area contributed by atoms with E-state index in [4.69, 9.17) is 20.2 Å². The van der Waals surface area contributed by atoms with Gasteiger partial charge in [-0.25, -0.2) is 9.78 Å². The van der Waals surface area contributed by atoms with Crippen LogP contribution in [0, 0.1) is 5.92 Å². The third kappa shape index (κ3) is 8.27. The summed E-state index contributed by atoms with van der Waals surface area (Å²) in [6.07, 6.45) is 9.84. The number of hydrogen-bond donors (Lipinski definition) is 4. The fraction of sp³-hybridized carbons (Fsp3) is 0.588. The number of hydrogen-bond acceptors (Lipinski definition) is 8. The highest BCUT2D eigenvalue weighted by molar-refractivity contribution is 5.76. The van der Waals surface area contributed by atoms with Crippen molar-refractivity contribution in [3.8, 4) is 22.8 Å². The molecular formula is C34H49N5O4. The maximum atomic E-state index is 13.0. The lowest BCUT2D eigenvalue weighted by Gasteiger charge is -2.35. The van der Waals surface area contributed by atoms with Crippen molar-refractivity contribution >= 4 is 11.9 Å². The van der Waals surface area contributed by atoms with Gasteiger partial charge in [0.1, 0.15) is 22.9 Å². The molecule has 234 valence electrons. The molecule has 2 saturated carbocycles. The predicted octanol–water partition coefficient (Wildman–Crippen LogP) is 6.42. The number of carbonyl (C=O) groups excluding carboxylic acids is 1. The molecular weight excluding hydrogens is 542 g/mol. The Morgan fingerprint density at radius 3 is 2.63 bits per heavy atom. The van der Waals surface area contributed by atoms with E-state index >= 15 is 0 Å². The van der Waals surface area contributed by atoms with Gasteiger partial charge in [0.2, 0.25) is 0 Å². The second-order valence-electron chi connectivity index (χ2n) is 13.4. The van der Waals surface area contributed by atoms with Crippen molar-refractivity contribution in [3.63, 3.8) is 0 Å². The Labute approximate surface area is 256 Å². The van der Waals surface area contributed by atoms with Crippen molar-refractivity contribution in [2.24, 2.45) is 5.92 Å². The van der Waals surface area contributed by atoms with E-state index in [1.54, 1.807) is 17.0 Å². The number of nitrogen functional groups attached to an aromatic ring is 1. The summed E-state index contributed by atoms with van der Waals surface area (Å²) in [6, 6.07) is 7.76. The van der Waals surface area contributed by atoms with E-state index in [-0.39, 0.29) is 17.8 Å². The first-order chi connectivity index (χ1) is 20.6. The molecule has 3 aliphatic rings. The van der Waals surface area contributed by atoms with E-state index < -0.39 is 5.60 Å². The zero-order valence-corrected chi connectivity index (χ0v) is 26.1. The van der Waals surface area contributed by atoms with Crippen LogP contribution in [0.25, 0.3) is 11.3 Å². The number of aromatic hydroxyl groups is 1. The highest BCUT2D eigenvalue weighted by atomic mass is 16.6. The van der Waals surface area contributed by atoms with Crippen LogP contribution in [0.3, 0.4) is 0 Å². The minimum absolute atomic E-state index is 0.0170. The lowest BCUT2D eigenvalue weighted by molar-refractivity contribution is 0.0198. The third-order valence-electron chi connectivity index (χ3n) is 8.60. The second-order valence-corrected chi connectivity index (χ2v) is 13.4. The molecule has 5 N–H and O–H groups in total. The van der Waals surface area contributed by atoms with Crippen LogP contribution in [0.2, 0.25) is 0 Å². The van der Waals surface area contributed by atoms with Gasteiger partial charge in [0, 0.05) is 37.2 Å². The Balaban J connectivity index is 1.44. The number of ether oxygens (including phenoxy) is 2. The first kappa shape index (κ1) is 30.8. The summed E-state index contributed by atoms with van der Waals surface area (Å²) in [5.74, 6) is 2.44. The van der Waals surface area contributed by atoms with E-state index in [1.807, 2.05) is 32.9 Å². The highest BCUT2D eigenvalue weighted by Gasteiger charge is 2.31. The van der Waals surface area contributed by atoms with Crippen molar-refractivity contribution in [1.29, 1.82) is 0 Å². The minimum Gasteiger partial charge on any atom is -0.507 e. The number of nitrogens with one attached hydrogen (secondary N) is 2. The molecule has 2 heterocycles. The molecule has 0 spiro atoms. The van der Waals surface area contributed by atoms with Crippen LogP contribution in [0.15, 0.2) is 36.7 Å². The van der Waals surface area contributed by atoms with Crippen LogP contribution >= 0.6 is 0 Å². The number of amides is 1. The number of carbonyl (C=O) groups is 1. The lowest BCUT2D eigenvalue weighted by Crippen LogP contribution is -2.42. The summed E-state index contributed by atoms with van der Waals surface area (Å²) in [4.78, 5) is 19.6. The molecule has 1 atom stereocenters. The van der Waals surface area contributed by atoms with Crippen LogP contribution in [-0.2, 0) is 11.3 Å². The zero-order valence-electron chi connectivity index (χ0n) is 26.1. The number of benzene rings is 1. The maximum Gasteiger partial charge on any atom is 0.410 e. The van der Waals surface area contributed by atoms with Gasteiger partial charge in [-0.05, 0) is 89.0 Å². The number of likely N-dealkylation sites (tertiary alicyclic amines) is 1. The second kappa shape index (κ2) is 13.3. The fourth-order valence-electron chi connectivity index (χ4n) is 6.15. The summed E-state index contributed by atoms with van der Waals surface area (Å²) < 4.78 is 11.9. The Bertz CT molecular complexity index is 1300. The van der Waals surface area contributed by atoms with Crippen LogP contribution in [-0.4, -0.2) is 52.4 Å². The molecule has 1 unspecified atom stereocenters. The Morgan fingerprint density at radius 1 is 1.14 bits per heavy atom. The third-order valence-corrected chi connectivity index (χ3v) is 8.60. The van der Waals surface area contributed by atoms with Gasteiger partial charge >= 0.3 is 6.09 Å². The predicted molar refractivity (Wildman–Crippen MR) is 170 cm³/mol. The molecule has 1 aromatic heterocycles. The summed E-state index contributed by atoms with van der Waals surface area (Å²) in [7, 11) is 0. The lowest BCUT2D eigenvalue weighted by atomic mass is 9.86. The van der Waals surface area contributed by atoms with Gasteiger partial charge in [-0.1, -0.05) is 31.9 Å². The molecule has 1 aliphatic heterocycles. The largest absolute Gasteiger partial charge is 0.507 e. The van der Waals surface area contributed by atoms with Gasteiger partial charge in [0.15, 0.2) is 0 Å². The van der Waals surface area contributed by atoms with Crippen molar-refractivity contribution < 1.29 is 19.4 Å². The minimum atomic E-state index is -0.569. The van der Waals surface area contributed by atoms with E-state index in [1.165, 1.54) is 32.1 Å². The van der Waals surface area contributed by atoms with Gasteiger partial charge in [-0.3, -0.25) is 0 Å². The van der Waals surface area contributed by atoms with Crippen molar-refractivity contribution in [3.05, 3.63) is 47.8 Å². The average Bonchev–Trinajstić information content (AvgIpc) is 3.79. The first-order valence-corrected chi connectivity index (χ1v) is 16.0. The monoisotopic (exact) mass is 591 g/mol. The van der Waals surface area contributed by atoms with Gasteiger partial charge in [0.25, 0.3) is 0 Å². The molecule has 9 nitrogen and oxygen atoms in total. The molecule has 5 rings (SSSR count). The molecule has 9 heteroatoms. The number of aromatic nitrogens is 1. The SMILES string of the molecule is C=C(NCc1c(C2CCCN(C(=O)OC(C)(C)C)C2)cc(-c2c(O)cccc2OCC2CC2)nc1N)NC1CCCCC1. The Hall–Kier alpha value is -3.62. The number of rotatable bonds is 10. The van der Waals surface area contributed by atoms with Crippen LogP contribution in [0.1, 0.15) is 95.6 Å². The van der Waals surface area contributed by atoms with Gasteiger partial charge in [0.05, 0.1) is 23.7 Å². The number of nitrogens with two attached hydrogens (primary N) is 1. The van der Waals surface area contributed by atoms with E-state index in [9.17, 15) is 9.90 Å². The first-order valence-electron chi connectivity index (χ1n) is 16.0. The number of phenolic OH excluding ortho intramolecular Hbond substituents is 1. The number of piperidine rings is 1. The van der Waals surface area contributed by atoms with Crippen molar-refractivity contribution in [1.82, 2.24) is 20.5 Å². The van der Waals surface area contributed by atoms with Gasteiger partial charge < -0.3 is 35.8 Å². The summed E-state index contributed by atoms with van der Waals surface area (Å²) in [5.41, 5.74) is 9.14. The molecule has 2 aromatic rings. The van der Waals surface area contributed by atoms with Gasteiger partial charge in [-0.15, -0.1) is 0 Å².